The predicted molar refractivity (Wildman–Crippen MR) is 51.5 cm³/mol. The third-order valence-corrected chi connectivity index (χ3v) is 1.80. The Morgan fingerprint density at radius 1 is 1.50 bits per heavy atom. The highest BCUT2D eigenvalue weighted by atomic mass is 19.4. The van der Waals surface area contributed by atoms with Gasteiger partial charge in [0.15, 0.2) is 6.61 Å². The molecule has 0 fully saturated rings. The van der Waals surface area contributed by atoms with Gasteiger partial charge in [-0.2, -0.15) is 23.8 Å². The number of nitrogens with one attached hydrogen (secondary N) is 1. The minimum atomic E-state index is -4.31. The summed E-state index contributed by atoms with van der Waals surface area (Å²) in [6, 6.07) is 0.227. The van der Waals surface area contributed by atoms with Gasteiger partial charge in [0.05, 0.1) is 6.20 Å². The molecule has 1 aromatic heterocycles. The Bertz CT molecular complexity index is 322. The van der Waals surface area contributed by atoms with Gasteiger partial charge in [-0.15, -0.1) is 0 Å². The SMILES string of the molecule is CC(C)n1cc(CNOCC(F)(F)F)cn1. The molecule has 0 saturated heterocycles. The Morgan fingerprint density at radius 3 is 2.69 bits per heavy atom. The minimum Gasteiger partial charge on any atom is -0.292 e. The van der Waals surface area contributed by atoms with Crippen molar-refractivity contribution in [2.75, 3.05) is 6.61 Å². The van der Waals surface area contributed by atoms with E-state index in [2.05, 4.69) is 15.4 Å². The summed E-state index contributed by atoms with van der Waals surface area (Å²) >= 11 is 0. The maximum Gasteiger partial charge on any atom is 0.413 e. The van der Waals surface area contributed by atoms with Gasteiger partial charge in [0.25, 0.3) is 0 Å². The molecular weight excluding hydrogens is 223 g/mol. The number of hydrogen-bond donors (Lipinski definition) is 1. The third-order valence-electron chi connectivity index (χ3n) is 1.80. The predicted octanol–water partition coefficient (Wildman–Crippen LogP) is 2.05. The van der Waals surface area contributed by atoms with E-state index in [1.807, 2.05) is 13.8 Å². The molecular formula is C9H14F3N3O. The second kappa shape index (κ2) is 5.31. The molecule has 1 aromatic rings. The molecule has 16 heavy (non-hydrogen) atoms. The average Bonchev–Trinajstić information content (AvgIpc) is 2.59. The van der Waals surface area contributed by atoms with Crippen molar-refractivity contribution in [3.05, 3.63) is 18.0 Å². The summed E-state index contributed by atoms with van der Waals surface area (Å²) in [7, 11) is 0. The number of nitrogens with zero attached hydrogens (tertiary/aromatic N) is 2. The Labute approximate surface area is 91.3 Å². The zero-order valence-corrected chi connectivity index (χ0v) is 9.08. The van der Waals surface area contributed by atoms with Gasteiger partial charge in [-0.1, -0.05) is 0 Å². The molecule has 0 bridgehead atoms. The molecule has 1 heterocycles. The molecule has 0 amide bonds. The molecule has 0 atom stereocenters. The van der Waals surface area contributed by atoms with Gasteiger partial charge in [0, 0.05) is 24.3 Å². The fraction of sp³-hybridized carbons (Fsp3) is 0.667. The van der Waals surface area contributed by atoms with Crippen LogP contribution in [0.4, 0.5) is 13.2 Å². The molecule has 7 heteroatoms. The summed E-state index contributed by atoms with van der Waals surface area (Å²) in [5.74, 6) is 0. The largest absolute Gasteiger partial charge is 0.413 e. The van der Waals surface area contributed by atoms with E-state index < -0.39 is 12.8 Å². The standard InChI is InChI=1S/C9H14F3N3O/c1-7(2)15-5-8(3-13-15)4-14-16-6-9(10,11)12/h3,5,7,14H,4,6H2,1-2H3. The molecule has 0 radical (unpaired) electrons. The van der Waals surface area contributed by atoms with Gasteiger partial charge in [-0.05, 0) is 13.8 Å². The topological polar surface area (TPSA) is 39.1 Å². The maximum atomic E-state index is 11.7. The normalized spacial score (nSPS) is 12.4. The lowest BCUT2D eigenvalue weighted by Crippen LogP contribution is -2.24. The highest BCUT2D eigenvalue weighted by molar-refractivity contribution is 5.03. The van der Waals surface area contributed by atoms with E-state index in [0.29, 0.717) is 0 Å². The van der Waals surface area contributed by atoms with Gasteiger partial charge in [0.1, 0.15) is 0 Å². The number of hydroxylamine groups is 1. The molecule has 0 aromatic carbocycles. The van der Waals surface area contributed by atoms with Crippen LogP contribution in [0.2, 0.25) is 0 Å². The lowest BCUT2D eigenvalue weighted by molar-refractivity contribution is -0.190. The Kier molecular flexibility index (Phi) is 4.31. The van der Waals surface area contributed by atoms with E-state index in [0.717, 1.165) is 5.56 Å². The molecule has 0 aliphatic rings. The molecule has 4 nitrogen and oxygen atoms in total. The van der Waals surface area contributed by atoms with Crippen LogP contribution < -0.4 is 5.48 Å². The van der Waals surface area contributed by atoms with Crippen LogP contribution in [-0.2, 0) is 11.4 Å². The first-order chi connectivity index (χ1) is 7.38. The second-order valence-electron chi connectivity index (χ2n) is 3.65. The highest BCUT2D eigenvalue weighted by Gasteiger charge is 2.27. The van der Waals surface area contributed by atoms with Crippen LogP contribution >= 0.6 is 0 Å². The van der Waals surface area contributed by atoms with Crippen LogP contribution in [0.5, 0.6) is 0 Å². The fourth-order valence-corrected chi connectivity index (χ4v) is 1.02. The summed E-state index contributed by atoms with van der Waals surface area (Å²) in [4.78, 5) is 4.26. The summed E-state index contributed by atoms with van der Waals surface area (Å²) < 4.78 is 36.9. The van der Waals surface area contributed by atoms with Crippen LogP contribution in [-0.4, -0.2) is 22.6 Å². The molecule has 0 aliphatic heterocycles. The van der Waals surface area contributed by atoms with E-state index in [-0.39, 0.29) is 12.6 Å². The highest BCUT2D eigenvalue weighted by Crippen LogP contribution is 2.13. The lowest BCUT2D eigenvalue weighted by Gasteiger charge is -2.07. The van der Waals surface area contributed by atoms with Gasteiger partial charge < -0.3 is 0 Å². The van der Waals surface area contributed by atoms with Crippen molar-refractivity contribution in [1.82, 2.24) is 15.3 Å². The first-order valence-electron chi connectivity index (χ1n) is 4.83. The van der Waals surface area contributed by atoms with E-state index in [9.17, 15) is 13.2 Å². The van der Waals surface area contributed by atoms with Crippen molar-refractivity contribution in [2.24, 2.45) is 0 Å². The van der Waals surface area contributed by atoms with Crippen molar-refractivity contribution in [2.45, 2.75) is 32.6 Å². The second-order valence-corrected chi connectivity index (χ2v) is 3.65. The quantitative estimate of drug-likeness (QED) is 0.629. The monoisotopic (exact) mass is 237 g/mol. The number of rotatable bonds is 5. The van der Waals surface area contributed by atoms with Crippen molar-refractivity contribution in [3.63, 3.8) is 0 Å². The van der Waals surface area contributed by atoms with E-state index in [1.165, 1.54) is 0 Å². The van der Waals surface area contributed by atoms with Gasteiger partial charge in [-0.3, -0.25) is 9.52 Å². The van der Waals surface area contributed by atoms with E-state index >= 15 is 0 Å². The number of hydrogen-bond acceptors (Lipinski definition) is 3. The smallest absolute Gasteiger partial charge is 0.292 e. The number of aromatic nitrogens is 2. The van der Waals surface area contributed by atoms with Gasteiger partial charge >= 0.3 is 6.18 Å². The summed E-state index contributed by atoms with van der Waals surface area (Å²) in [5.41, 5.74) is 3.01. The molecule has 0 spiro atoms. The molecule has 92 valence electrons. The van der Waals surface area contributed by atoms with E-state index in [4.69, 9.17) is 0 Å². The first kappa shape index (κ1) is 13.0. The lowest BCUT2D eigenvalue weighted by atomic mass is 10.3. The van der Waals surface area contributed by atoms with Gasteiger partial charge in [-0.25, -0.2) is 0 Å². The summed E-state index contributed by atoms with van der Waals surface area (Å²) in [6.07, 6.45) is -0.965. The Hall–Kier alpha value is -1.08. The zero-order chi connectivity index (χ0) is 12.2. The molecule has 0 saturated carbocycles. The Morgan fingerprint density at radius 2 is 2.19 bits per heavy atom. The molecule has 1 rings (SSSR count). The fourth-order valence-electron chi connectivity index (χ4n) is 1.02. The minimum absolute atomic E-state index is 0.197. The maximum absolute atomic E-state index is 11.7. The summed E-state index contributed by atoms with van der Waals surface area (Å²) in [5, 5.41) is 4.04. The number of alkyl halides is 3. The van der Waals surface area contributed by atoms with Crippen LogP contribution in [0.25, 0.3) is 0 Å². The van der Waals surface area contributed by atoms with Crippen molar-refractivity contribution in [3.8, 4) is 0 Å². The third kappa shape index (κ3) is 4.63. The molecule has 0 unspecified atom stereocenters. The van der Waals surface area contributed by atoms with Crippen molar-refractivity contribution >= 4 is 0 Å². The van der Waals surface area contributed by atoms with Crippen LogP contribution in [0.1, 0.15) is 25.5 Å². The zero-order valence-electron chi connectivity index (χ0n) is 9.08. The van der Waals surface area contributed by atoms with Gasteiger partial charge in [0.2, 0.25) is 0 Å². The van der Waals surface area contributed by atoms with Crippen LogP contribution in [0.3, 0.4) is 0 Å². The van der Waals surface area contributed by atoms with Crippen LogP contribution in [0, 0.1) is 0 Å². The van der Waals surface area contributed by atoms with E-state index in [1.54, 1.807) is 17.1 Å². The first-order valence-corrected chi connectivity index (χ1v) is 4.83. The molecule has 1 N–H and O–H groups in total. The Balaban J connectivity index is 2.27. The molecule has 0 aliphatic carbocycles. The van der Waals surface area contributed by atoms with Crippen molar-refractivity contribution in [1.29, 1.82) is 0 Å². The van der Waals surface area contributed by atoms with Crippen molar-refractivity contribution < 1.29 is 18.0 Å². The summed E-state index contributed by atoms with van der Waals surface area (Å²) in [6.45, 7) is 2.82. The van der Waals surface area contributed by atoms with Crippen LogP contribution in [0.15, 0.2) is 12.4 Å². The number of halogens is 3. The average molecular weight is 237 g/mol.